The first-order valence-electron chi connectivity index (χ1n) is 11.9. The minimum absolute atomic E-state index is 0.0291. The average molecular weight is 523 g/mol. The van der Waals surface area contributed by atoms with Gasteiger partial charge < -0.3 is 20.1 Å². The van der Waals surface area contributed by atoms with E-state index < -0.39 is 6.61 Å². The van der Waals surface area contributed by atoms with E-state index in [0.29, 0.717) is 52.3 Å². The van der Waals surface area contributed by atoms with Crippen LogP contribution in [0, 0.1) is 0 Å². The summed E-state index contributed by atoms with van der Waals surface area (Å²) < 4.78 is 36.6. The van der Waals surface area contributed by atoms with E-state index in [1.165, 1.54) is 28.8 Å². The van der Waals surface area contributed by atoms with Crippen LogP contribution in [0.1, 0.15) is 12.5 Å². The van der Waals surface area contributed by atoms with Crippen molar-refractivity contribution in [2.24, 2.45) is 4.99 Å². The summed E-state index contributed by atoms with van der Waals surface area (Å²) in [7, 11) is 3.94. The summed E-state index contributed by atoms with van der Waals surface area (Å²) in [6.07, 6.45) is 3.27. The molecule has 0 unspecified atom stereocenters. The van der Waals surface area contributed by atoms with Crippen molar-refractivity contribution in [1.29, 1.82) is 0 Å². The minimum Gasteiger partial charge on any atom is -0.464 e. The highest BCUT2D eigenvalue weighted by Crippen LogP contribution is 2.26. The van der Waals surface area contributed by atoms with Crippen molar-refractivity contribution in [3.05, 3.63) is 70.6 Å². The second-order valence-electron chi connectivity index (χ2n) is 8.62. The first-order valence-corrected chi connectivity index (χ1v) is 11.9. The van der Waals surface area contributed by atoms with Gasteiger partial charge in [0.15, 0.2) is 5.65 Å². The van der Waals surface area contributed by atoms with Crippen molar-refractivity contribution >= 4 is 22.9 Å². The molecule has 0 atom stereocenters. The molecule has 2 aromatic heterocycles. The SMILES string of the molecule is CCOc1ncc2cc(-c3ccc(N)c(C=NCCN(C)C)c3)c(=O)n(-c3ccc(OC(F)F)cc3)c2n1. The number of nitrogen functional groups attached to an aromatic ring is 1. The molecule has 198 valence electrons. The van der Waals surface area contributed by atoms with E-state index in [1.807, 2.05) is 19.0 Å². The fourth-order valence-electron chi connectivity index (χ4n) is 3.78. The predicted molar refractivity (Wildman–Crippen MR) is 144 cm³/mol. The van der Waals surface area contributed by atoms with Crippen LogP contribution in [0.25, 0.3) is 27.8 Å². The Bertz CT molecular complexity index is 1500. The lowest BCUT2D eigenvalue weighted by Gasteiger charge is -2.14. The maximum Gasteiger partial charge on any atom is 0.387 e. The maximum absolute atomic E-state index is 13.9. The zero-order valence-corrected chi connectivity index (χ0v) is 21.3. The quantitative estimate of drug-likeness (QED) is 0.248. The van der Waals surface area contributed by atoms with E-state index >= 15 is 0 Å². The van der Waals surface area contributed by atoms with Gasteiger partial charge in [0.05, 0.1) is 18.8 Å². The van der Waals surface area contributed by atoms with E-state index in [0.717, 1.165) is 6.54 Å². The number of likely N-dealkylation sites (N-methyl/N-ethyl adjacent to an activating group) is 1. The van der Waals surface area contributed by atoms with Crippen molar-refractivity contribution in [3.8, 4) is 28.6 Å². The molecule has 0 aliphatic heterocycles. The second-order valence-corrected chi connectivity index (χ2v) is 8.62. The zero-order valence-electron chi connectivity index (χ0n) is 21.3. The monoisotopic (exact) mass is 522 g/mol. The first kappa shape index (κ1) is 26.7. The van der Waals surface area contributed by atoms with Crippen molar-refractivity contribution in [1.82, 2.24) is 19.4 Å². The fourth-order valence-corrected chi connectivity index (χ4v) is 3.78. The van der Waals surface area contributed by atoms with Crippen molar-refractivity contribution in [3.63, 3.8) is 0 Å². The van der Waals surface area contributed by atoms with Gasteiger partial charge in [0, 0.05) is 41.2 Å². The van der Waals surface area contributed by atoms with Gasteiger partial charge in [-0.25, -0.2) is 4.98 Å². The van der Waals surface area contributed by atoms with Gasteiger partial charge >= 0.3 is 12.6 Å². The van der Waals surface area contributed by atoms with E-state index in [4.69, 9.17) is 10.5 Å². The number of nitrogens with two attached hydrogens (primary N) is 1. The molecule has 11 heteroatoms. The molecule has 0 fully saturated rings. The Kier molecular flexibility index (Phi) is 8.27. The van der Waals surface area contributed by atoms with Crippen molar-refractivity contribution in [2.45, 2.75) is 13.5 Å². The molecule has 0 radical (unpaired) electrons. The molecule has 2 N–H and O–H groups in total. The predicted octanol–water partition coefficient (Wildman–Crippen LogP) is 4.01. The summed E-state index contributed by atoms with van der Waals surface area (Å²) in [6.45, 7) is 0.576. The lowest BCUT2D eigenvalue weighted by atomic mass is 10.0. The number of anilines is 1. The van der Waals surface area contributed by atoms with Gasteiger partial charge in [0.1, 0.15) is 5.75 Å². The van der Waals surface area contributed by atoms with Gasteiger partial charge in [0.25, 0.3) is 5.56 Å². The Hall–Kier alpha value is -4.38. The molecule has 4 rings (SSSR count). The number of alkyl halides is 2. The van der Waals surface area contributed by atoms with Gasteiger partial charge in [-0.2, -0.15) is 13.8 Å². The van der Waals surface area contributed by atoms with Gasteiger partial charge in [0.2, 0.25) is 0 Å². The minimum atomic E-state index is -2.96. The van der Waals surface area contributed by atoms with Crippen LogP contribution < -0.4 is 20.8 Å². The number of ether oxygens (including phenoxy) is 2. The third-order valence-corrected chi connectivity index (χ3v) is 5.62. The molecule has 2 aromatic carbocycles. The fraction of sp³-hybridized carbons (Fsp3) is 0.259. The number of rotatable bonds is 10. The van der Waals surface area contributed by atoms with Gasteiger partial charge in [-0.05, 0) is 69.0 Å². The third kappa shape index (κ3) is 6.12. The third-order valence-electron chi connectivity index (χ3n) is 5.62. The molecule has 0 aliphatic rings. The van der Waals surface area contributed by atoms with Gasteiger partial charge in [-0.1, -0.05) is 6.07 Å². The average Bonchev–Trinajstić information content (AvgIpc) is 2.88. The summed E-state index contributed by atoms with van der Waals surface area (Å²) in [5.74, 6) is -0.0291. The van der Waals surface area contributed by atoms with Crippen LogP contribution in [-0.4, -0.2) is 66.1 Å². The zero-order chi connectivity index (χ0) is 27.2. The number of fused-ring (bicyclic) bond motifs is 1. The van der Waals surface area contributed by atoms with Crippen LogP contribution >= 0.6 is 0 Å². The Labute approximate surface area is 218 Å². The Morgan fingerprint density at radius 2 is 1.92 bits per heavy atom. The number of pyridine rings is 1. The Morgan fingerprint density at radius 3 is 2.61 bits per heavy atom. The summed E-state index contributed by atoms with van der Waals surface area (Å²) in [6, 6.07) is 12.9. The van der Waals surface area contributed by atoms with E-state index in [9.17, 15) is 13.6 Å². The highest BCUT2D eigenvalue weighted by molar-refractivity contribution is 5.90. The number of hydrogen-bond donors (Lipinski definition) is 1. The van der Waals surface area contributed by atoms with E-state index in [-0.39, 0.29) is 17.3 Å². The van der Waals surface area contributed by atoms with Crippen LogP contribution in [0.4, 0.5) is 14.5 Å². The number of benzene rings is 2. The summed E-state index contributed by atoms with van der Waals surface area (Å²) in [5, 5.41) is 0.578. The number of aromatic nitrogens is 3. The molecule has 0 bridgehead atoms. The summed E-state index contributed by atoms with van der Waals surface area (Å²) in [4.78, 5) is 29.0. The highest BCUT2D eigenvalue weighted by atomic mass is 19.3. The molecule has 9 nitrogen and oxygen atoms in total. The van der Waals surface area contributed by atoms with Gasteiger partial charge in [-0.15, -0.1) is 0 Å². The lowest BCUT2D eigenvalue weighted by molar-refractivity contribution is -0.0498. The largest absolute Gasteiger partial charge is 0.464 e. The molecule has 0 aliphatic carbocycles. The molecule has 2 heterocycles. The molecular formula is C27H28F2N6O3. The second kappa shape index (κ2) is 11.8. The Morgan fingerprint density at radius 1 is 1.16 bits per heavy atom. The summed E-state index contributed by atoms with van der Waals surface area (Å²) >= 11 is 0. The van der Waals surface area contributed by atoms with E-state index in [2.05, 4.69) is 19.7 Å². The molecule has 0 amide bonds. The number of halogens is 2. The molecule has 0 saturated heterocycles. The molecule has 0 spiro atoms. The lowest BCUT2D eigenvalue weighted by Crippen LogP contribution is -2.22. The number of hydrogen-bond acceptors (Lipinski definition) is 8. The topological polar surface area (TPSA) is 108 Å². The summed E-state index contributed by atoms with van der Waals surface area (Å²) in [5.41, 5.74) is 8.72. The molecule has 0 saturated carbocycles. The van der Waals surface area contributed by atoms with Crippen molar-refractivity contribution in [2.75, 3.05) is 39.5 Å². The van der Waals surface area contributed by atoms with Crippen LogP contribution in [-0.2, 0) is 0 Å². The Balaban J connectivity index is 1.86. The van der Waals surface area contributed by atoms with Crippen molar-refractivity contribution < 1.29 is 18.3 Å². The highest BCUT2D eigenvalue weighted by Gasteiger charge is 2.16. The first-order chi connectivity index (χ1) is 18.3. The molecule has 4 aromatic rings. The maximum atomic E-state index is 13.9. The van der Waals surface area contributed by atoms with Crippen LogP contribution in [0.15, 0.2) is 64.5 Å². The standard InChI is InChI=1S/C27H28F2N6O3/c1-4-37-27-32-16-19-14-22(17-5-10-23(30)18(13-17)15-31-11-12-34(2)3)25(36)35(24(19)33-27)20-6-8-21(9-7-20)38-26(28)29/h5-10,13-16,26H,4,11-12,30H2,1-3H3. The van der Waals surface area contributed by atoms with Crippen LogP contribution in [0.2, 0.25) is 0 Å². The van der Waals surface area contributed by atoms with Crippen LogP contribution in [0.5, 0.6) is 11.8 Å². The number of aliphatic imine (C=N–C) groups is 1. The smallest absolute Gasteiger partial charge is 0.387 e. The molecular weight excluding hydrogens is 494 g/mol. The normalized spacial score (nSPS) is 11.7. The van der Waals surface area contributed by atoms with E-state index in [1.54, 1.807) is 43.6 Å². The number of nitrogens with zero attached hydrogens (tertiary/aromatic N) is 5. The molecule has 38 heavy (non-hydrogen) atoms. The van der Waals surface area contributed by atoms with Gasteiger partial charge in [-0.3, -0.25) is 14.4 Å². The van der Waals surface area contributed by atoms with Crippen LogP contribution in [0.3, 0.4) is 0 Å².